The molecule has 2 saturated heterocycles. The van der Waals surface area contributed by atoms with E-state index in [-0.39, 0.29) is 41.9 Å². The number of ether oxygens (including phenoxy) is 1. The molecule has 0 radical (unpaired) electrons. The van der Waals surface area contributed by atoms with E-state index in [9.17, 15) is 19.2 Å². The molecule has 2 N–H and O–H groups in total. The average Bonchev–Trinajstić information content (AvgIpc) is 3.67. The SMILES string of the molecule is Cc1cc2c(N3CCCc4nc(-c5ccc(C(=O)NCC#Cc6ccc7occ(C8CCC(=O)NC8=O)c7c6)nc5)ncc43)nc(N3CCOCC3)cc2n(C)c1=O. The molecular formula is C43H39N9O6. The van der Waals surface area contributed by atoms with Crippen molar-refractivity contribution in [3.05, 3.63) is 99.6 Å². The van der Waals surface area contributed by atoms with Gasteiger partial charge < -0.3 is 28.8 Å². The van der Waals surface area contributed by atoms with E-state index in [4.69, 9.17) is 24.1 Å². The number of benzene rings is 1. The van der Waals surface area contributed by atoms with E-state index in [1.54, 1.807) is 42.3 Å². The molecule has 15 heteroatoms. The highest BCUT2D eigenvalue weighted by atomic mass is 16.5. The summed E-state index contributed by atoms with van der Waals surface area (Å²) in [6, 6.07) is 12.8. The predicted molar refractivity (Wildman–Crippen MR) is 216 cm³/mol. The highest BCUT2D eigenvalue weighted by Gasteiger charge is 2.31. The van der Waals surface area contributed by atoms with Crippen LogP contribution in [0.15, 0.2) is 70.3 Å². The summed E-state index contributed by atoms with van der Waals surface area (Å²) in [4.78, 5) is 73.7. The first-order valence-electron chi connectivity index (χ1n) is 19.3. The molecule has 6 aromatic rings. The molecule has 8 heterocycles. The normalized spacial score (nSPS) is 16.8. The van der Waals surface area contributed by atoms with Gasteiger partial charge >= 0.3 is 0 Å². The van der Waals surface area contributed by atoms with Gasteiger partial charge in [0.15, 0.2) is 5.82 Å². The van der Waals surface area contributed by atoms with Crippen molar-refractivity contribution in [1.82, 2.24) is 35.1 Å². The molecule has 0 aliphatic carbocycles. The van der Waals surface area contributed by atoms with Crippen LogP contribution in [0.3, 0.4) is 0 Å². The molecule has 3 amide bonds. The number of fused-ring (bicyclic) bond motifs is 3. The number of carbonyl (C=O) groups is 3. The summed E-state index contributed by atoms with van der Waals surface area (Å²) in [6.07, 6.45) is 7.27. The van der Waals surface area contributed by atoms with E-state index >= 15 is 0 Å². The third kappa shape index (κ3) is 6.92. The van der Waals surface area contributed by atoms with Crippen LogP contribution in [0.1, 0.15) is 58.1 Å². The lowest BCUT2D eigenvalue weighted by Crippen LogP contribution is -2.39. The van der Waals surface area contributed by atoms with Gasteiger partial charge in [-0.25, -0.2) is 15.0 Å². The highest BCUT2D eigenvalue weighted by Crippen LogP contribution is 2.38. The number of aromatic nitrogens is 5. The van der Waals surface area contributed by atoms with Crippen LogP contribution in [0.2, 0.25) is 0 Å². The van der Waals surface area contributed by atoms with Crippen molar-refractivity contribution in [2.75, 3.05) is 49.2 Å². The van der Waals surface area contributed by atoms with E-state index in [1.165, 1.54) is 0 Å². The van der Waals surface area contributed by atoms with Crippen LogP contribution in [0.25, 0.3) is 33.3 Å². The lowest BCUT2D eigenvalue weighted by molar-refractivity contribution is -0.134. The summed E-state index contributed by atoms with van der Waals surface area (Å²) < 4.78 is 12.9. The number of morpholine rings is 1. The fraction of sp³-hybridized carbons (Fsp3) is 0.302. The monoisotopic (exact) mass is 777 g/mol. The van der Waals surface area contributed by atoms with Crippen molar-refractivity contribution in [3.8, 4) is 23.2 Å². The number of imide groups is 1. The lowest BCUT2D eigenvalue weighted by atomic mass is 9.90. The number of furan rings is 1. The van der Waals surface area contributed by atoms with Gasteiger partial charge in [0.25, 0.3) is 11.5 Å². The molecule has 58 heavy (non-hydrogen) atoms. The average molecular weight is 778 g/mol. The molecule has 9 rings (SSSR count). The Morgan fingerprint density at radius 3 is 2.66 bits per heavy atom. The van der Waals surface area contributed by atoms with Crippen LogP contribution in [0, 0.1) is 18.8 Å². The molecule has 292 valence electrons. The Balaban J connectivity index is 0.900. The van der Waals surface area contributed by atoms with Crippen molar-refractivity contribution >= 4 is 56.9 Å². The van der Waals surface area contributed by atoms with E-state index in [0.29, 0.717) is 67.4 Å². The first-order chi connectivity index (χ1) is 28.2. The third-order valence-corrected chi connectivity index (χ3v) is 10.9. The second kappa shape index (κ2) is 15.2. The van der Waals surface area contributed by atoms with Crippen LogP contribution < -0.4 is 26.0 Å². The van der Waals surface area contributed by atoms with Gasteiger partial charge in [0.1, 0.15) is 22.9 Å². The van der Waals surface area contributed by atoms with Gasteiger partial charge in [-0.05, 0) is 62.6 Å². The second-order valence-corrected chi connectivity index (χ2v) is 14.6. The van der Waals surface area contributed by atoms with Crippen molar-refractivity contribution in [1.29, 1.82) is 0 Å². The zero-order valence-corrected chi connectivity index (χ0v) is 32.0. The Labute approximate surface area is 332 Å². The Kier molecular flexibility index (Phi) is 9.62. The van der Waals surface area contributed by atoms with Crippen LogP contribution in [0.4, 0.5) is 17.3 Å². The quantitative estimate of drug-likeness (QED) is 0.183. The summed E-state index contributed by atoms with van der Waals surface area (Å²) >= 11 is 0. The number of rotatable bonds is 6. The van der Waals surface area contributed by atoms with Gasteiger partial charge in [-0.2, -0.15) is 0 Å². The molecule has 3 aliphatic rings. The van der Waals surface area contributed by atoms with Gasteiger partial charge in [-0.3, -0.25) is 29.5 Å². The largest absolute Gasteiger partial charge is 0.464 e. The lowest BCUT2D eigenvalue weighted by Gasteiger charge is -2.33. The van der Waals surface area contributed by atoms with Crippen LogP contribution in [-0.2, 0) is 27.8 Å². The summed E-state index contributed by atoms with van der Waals surface area (Å²) in [7, 11) is 1.80. The molecule has 3 aliphatic heterocycles. The molecule has 0 saturated carbocycles. The van der Waals surface area contributed by atoms with E-state index in [0.717, 1.165) is 57.7 Å². The van der Waals surface area contributed by atoms with Crippen LogP contribution in [0.5, 0.6) is 0 Å². The maximum atomic E-state index is 13.0. The second-order valence-electron chi connectivity index (χ2n) is 14.6. The van der Waals surface area contributed by atoms with Crippen molar-refractivity contribution < 1.29 is 23.5 Å². The Bertz CT molecular complexity index is 2760. The molecule has 2 fully saturated rings. The Hall–Kier alpha value is -6.92. The summed E-state index contributed by atoms with van der Waals surface area (Å²) in [5, 5.41) is 6.84. The van der Waals surface area contributed by atoms with Crippen molar-refractivity contribution in [3.63, 3.8) is 0 Å². The van der Waals surface area contributed by atoms with Gasteiger partial charge in [-0.15, -0.1) is 0 Å². The molecule has 5 aromatic heterocycles. The number of anilines is 3. The molecule has 15 nitrogen and oxygen atoms in total. The molecule has 0 spiro atoms. The maximum absolute atomic E-state index is 13.0. The number of carbonyl (C=O) groups excluding carboxylic acids is 3. The maximum Gasteiger partial charge on any atom is 0.270 e. The number of hydrogen-bond donors (Lipinski definition) is 2. The number of piperidine rings is 1. The fourth-order valence-electron chi connectivity index (χ4n) is 7.86. The number of hydrogen-bond acceptors (Lipinski definition) is 12. The van der Waals surface area contributed by atoms with Crippen molar-refractivity contribution in [2.24, 2.45) is 7.05 Å². The Morgan fingerprint density at radius 1 is 0.983 bits per heavy atom. The first-order valence-corrected chi connectivity index (χ1v) is 19.3. The molecule has 1 unspecified atom stereocenters. The zero-order valence-electron chi connectivity index (χ0n) is 32.0. The van der Waals surface area contributed by atoms with E-state index in [2.05, 4.69) is 37.3 Å². The minimum Gasteiger partial charge on any atom is -0.464 e. The smallest absolute Gasteiger partial charge is 0.270 e. The molecule has 1 atom stereocenters. The number of nitrogens with one attached hydrogen (secondary N) is 2. The molecular weight excluding hydrogens is 739 g/mol. The molecule has 0 bridgehead atoms. The topological polar surface area (TPSA) is 178 Å². The summed E-state index contributed by atoms with van der Waals surface area (Å²) in [6.45, 7) is 5.29. The molecule has 1 aromatic carbocycles. The number of aryl methyl sites for hydroxylation is 3. The van der Waals surface area contributed by atoms with E-state index in [1.807, 2.05) is 37.4 Å². The van der Waals surface area contributed by atoms with Gasteiger partial charge in [0.2, 0.25) is 11.8 Å². The van der Waals surface area contributed by atoms with Gasteiger partial charge in [-0.1, -0.05) is 11.8 Å². The third-order valence-electron chi connectivity index (χ3n) is 10.9. The summed E-state index contributed by atoms with van der Waals surface area (Å²) in [5.41, 5.74) is 6.09. The zero-order chi connectivity index (χ0) is 39.9. The summed E-state index contributed by atoms with van der Waals surface area (Å²) in [5.74, 6) is 6.64. The van der Waals surface area contributed by atoms with Gasteiger partial charge in [0.05, 0.1) is 55.0 Å². The Morgan fingerprint density at radius 2 is 1.84 bits per heavy atom. The van der Waals surface area contributed by atoms with Gasteiger partial charge in [0, 0.05) is 78.4 Å². The number of nitrogens with zero attached hydrogens (tertiary/aromatic N) is 7. The highest BCUT2D eigenvalue weighted by molar-refractivity contribution is 6.03. The van der Waals surface area contributed by atoms with Crippen LogP contribution in [-0.4, -0.2) is 81.6 Å². The number of pyridine rings is 3. The van der Waals surface area contributed by atoms with E-state index < -0.39 is 5.92 Å². The standard InChI is InChI=1S/C43H39N9O6/c1-25-19-30-34(50(2)43(25)56)21-37(51-15-17-57-18-16-51)48-40(30)52-14-4-6-32-35(52)23-46-39(47-32)27-8-10-33(45-22-27)42(55)44-13-3-5-26-7-11-36-29(20-26)31(24-58-36)28-9-12-38(53)49-41(28)54/h7-8,10-11,19-24,28H,4,6,9,12-18H2,1-2H3,(H,44,55)(H,49,53,54). The van der Waals surface area contributed by atoms with Crippen molar-refractivity contribution in [2.45, 2.75) is 38.5 Å². The minimum absolute atomic E-state index is 0.0419. The first kappa shape index (κ1) is 36.7. The predicted octanol–water partition coefficient (Wildman–Crippen LogP) is 4.06. The number of amides is 3. The fourth-order valence-corrected chi connectivity index (χ4v) is 7.86. The van der Waals surface area contributed by atoms with Crippen LogP contribution >= 0.6 is 0 Å². The minimum atomic E-state index is -0.471.